The molecular formula is C31H32. The van der Waals surface area contributed by atoms with Crippen LogP contribution in [-0.2, 0) is 12.8 Å². The van der Waals surface area contributed by atoms with E-state index >= 15 is 0 Å². The maximum atomic E-state index is 3.32. The lowest BCUT2D eigenvalue weighted by Gasteiger charge is -2.01. The van der Waals surface area contributed by atoms with Gasteiger partial charge in [0, 0.05) is 22.3 Å². The van der Waals surface area contributed by atoms with Gasteiger partial charge in [0.1, 0.15) is 0 Å². The molecule has 0 saturated heterocycles. The summed E-state index contributed by atoms with van der Waals surface area (Å²) >= 11 is 0. The molecule has 0 aliphatic heterocycles. The zero-order chi connectivity index (χ0) is 21.9. The highest BCUT2D eigenvalue weighted by Crippen LogP contribution is 2.12. The molecule has 0 bridgehead atoms. The molecule has 0 nitrogen and oxygen atoms in total. The van der Waals surface area contributed by atoms with Gasteiger partial charge in [-0.15, -0.1) is 0 Å². The van der Waals surface area contributed by atoms with Crippen LogP contribution in [-0.4, -0.2) is 0 Å². The Morgan fingerprint density at radius 3 is 1.68 bits per heavy atom. The summed E-state index contributed by atoms with van der Waals surface area (Å²) < 4.78 is 0. The first kappa shape index (κ1) is 22.5. The zero-order valence-corrected chi connectivity index (χ0v) is 19.1. The van der Waals surface area contributed by atoms with Gasteiger partial charge in [0.15, 0.2) is 0 Å². The second-order valence-electron chi connectivity index (χ2n) is 8.13. The van der Waals surface area contributed by atoms with E-state index in [-0.39, 0.29) is 0 Å². The van der Waals surface area contributed by atoms with Crippen LogP contribution in [0.5, 0.6) is 0 Å². The summed E-state index contributed by atoms with van der Waals surface area (Å²) in [5.41, 5.74) is 8.14. The third-order valence-electron chi connectivity index (χ3n) is 5.43. The molecule has 0 unspecified atom stereocenters. The van der Waals surface area contributed by atoms with Gasteiger partial charge in [-0.25, -0.2) is 0 Å². The number of aryl methyl sites for hydroxylation is 3. The fourth-order valence-corrected chi connectivity index (χ4v) is 3.54. The van der Waals surface area contributed by atoms with Crippen molar-refractivity contribution in [2.24, 2.45) is 0 Å². The fourth-order valence-electron chi connectivity index (χ4n) is 3.54. The van der Waals surface area contributed by atoms with E-state index in [1.807, 2.05) is 0 Å². The van der Waals surface area contributed by atoms with E-state index in [4.69, 9.17) is 0 Å². The van der Waals surface area contributed by atoms with Crippen molar-refractivity contribution < 1.29 is 0 Å². The molecule has 0 aromatic heterocycles. The smallest absolute Gasteiger partial charge is 0.0279 e. The molecule has 31 heavy (non-hydrogen) atoms. The second kappa shape index (κ2) is 11.8. The van der Waals surface area contributed by atoms with Crippen LogP contribution in [0, 0.1) is 30.6 Å². The van der Waals surface area contributed by atoms with Crippen LogP contribution in [0.25, 0.3) is 0 Å². The van der Waals surface area contributed by atoms with E-state index in [1.165, 1.54) is 36.8 Å². The quantitative estimate of drug-likeness (QED) is 0.295. The van der Waals surface area contributed by atoms with Gasteiger partial charge in [-0.05, 0) is 85.3 Å². The largest absolute Gasteiger partial charge is 0.0654 e. The molecular weight excluding hydrogens is 372 g/mol. The highest BCUT2D eigenvalue weighted by Gasteiger charge is 1.97. The monoisotopic (exact) mass is 404 g/mol. The molecule has 3 aromatic rings. The van der Waals surface area contributed by atoms with Gasteiger partial charge in [0.25, 0.3) is 0 Å². The molecule has 0 aliphatic rings. The molecule has 0 fully saturated rings. The Labute approximate surface area is 188 Å². The van der Waals surface area contributed by atoms with Gasteiger partial charge in [-0.1, -0.05) is 81.1 Å². The third kappa shape index (κ3) is 7.20. The van der Waals surface area contributed by atoms with Crippen LogP contribution >= 0.6 is 0 Å². The summed E-state index contributed by atoms with van der Waals surface area (Å²) in [4.78, 5) is 0. The number of hydrogen-bond donors (Lipinski definition) is 0. The molecule has 156 valence electrons. The molecule has 0 heteroatoms. The van der Waals surface area contributed by atoms with E-state index in [9.17, 15) is 0 Å². The maximum absolute atomic E-state index is 3.32. The number of unbranched alkanes of at least 4 members (excludes halogenated alkanes) is 2. The number of benzene rings is 3. The molecule has 0 N–H and O–H groups in total. The Balaban J connectivity index is 1.65. The summed E-state index contributed by atoms with van der Waals surface area (Å²) in [7, 11) is 0. The molecule has 0 spiro atoms. The predicted molar refractivity (Wildman–Crippen MR) is 133 cm³/mol. The lowest BCUT2D eigenvalue weighted by Crippen LogP contribution is -1.87. The van der Waals surface area contributed by atoms with Gasteiger partial charge in [0.05, 0.1) is 0 Å². The van der Waals surface area contributed by atoms with Crippen molar-refractivity contribution in [2.75, 3.05) is 0 Å². The molecule has 3 aromatic carbocycles. The zero-order valence-electron chi connectivity index (χ0n) is 19.1. The van der Waals surface area contributed by atoms with Crippen molar-refractivity contribution in [3.05, 3.63) is 106 Å². The van der Waals surface area contributed by atoms with Gasteiger partial charge in [-0.3, -0.25) is 0 Å². The Morgan fingerprint density at radius 1 is 0.548 bits per heavy atom. The van der Waals surface area contributed by atoms with E-state index in [0.29, 0.717) is 0 Å². The predicted octanol–water partition coefficient (Wildman–Crippen LogP) is 7.48. The first-order chi connectivity index (χ1) is 15.2. The van der Waals surface area contributed by atoms with Crippen LogP contribution in [0.4, 0.5) is 0 Å². The Morgan fingerprint density at radius 2 is 1.10 bits per heavy atom. The summed E-state index contributed by atoms with van der Waals surface area (Å²) in [5, 5.41) is 0. The third-order valence-corrected chi connectivity index (χ3v) is 5.43. The minimum Gasteiger partial charge on any atom is -0.0654 e. The molecule has 0 atom stereocenters. The minimum atomic E-state index is 1.03. The van der Waals surface area contributed by atoms with Crippen LogP contribution in [0.15, 0.2) is 66.7 Å². The maximum Gasteiger partial charge on any atom is 0.0279 e. The van der Waals surface area contributed by atoms with Crippen LogP contribution < -0.4 is 0 Å². The van der Waals surface area contributed by atoms with Crippen molar-refractivity contribution in [3.63, 3.8) is 0 Å². The van der Waals surface area contributed by atoms with Gasteiger partial charge >= 0.3 is 0 Å². The molecule has 0 radical (unpaired) electrons. The Bertz CT molecular complexity index is 1090. The average molecular weight is 405 g/mol. The Kier molecular flexibility index (Phi) is 8.58. The first-order valence-electron chi connectivity index (χ1n) is 11.5. The fraction of sp³-hybridized carbons (Fsp3) is 0.290. The van der Waals surface area contributed by atoms with E-state index < -0.39 is 0 Å². The Hall–Kier alpha value is -3.22. The van der Waals surface area contributed by atoms with Crippen molar-refractivity contribution in [1.82, 2.24) is 0 Å². The van der Waals surface area contributed by atoms with Gasteiger partial charge < -0.3 is 0 Å². The lowest BCUT2D eigenvalue weighted by atomic mass is 10.0. The van der Waals surface area contributed by atoms with E-state index in [0.717, 1.165) is 40.7 Å². The number of rotatable bonds is 6. The molecule has 0 saturated carbocycles. The second-order valence-corrected chi connectivity index (χ2v) is 8.13. The normalized spacial score (nSPS) is 10.0. The van der Waals surface area contributed by atoms with Crippen molar-refractivity contribution in [1.29, 1.82) is 0 Å². The molecule has 3 rings (SSSR count). The average Bonchev–Trinajstić information content (AvgIpc) is 2.79. The van der Waals surface area contributed by atoms with Crippen LogP contribution in [0.2, 0.25) is 0 Å². The van der Waals surface area contributed by atoms with Gasteiger partial charge in [0.2, 0.25) is 0 Å². The standard InChI is InChI=1S/C31H32/c1-4-6-7-9-27-12-16-29(17-13-27)20-22-31-23-21-30(24-25(31)3)19-18-28-14-10-26(8-5-2)11-15-28/h10-17,21,23-24H,4-9H2,1-3H3. The molecule has 0 aliphatic carbocycles. The van der Waals surface area contributed by atoms with Crippen LogP contribution in [0.3, 0.4) is 0 Å². The first-order valence-corrected chi connectivity index (χ1v) is 11.5. The topological polar surface area (TPSA) is 0 Å². The summed E-state index contributed by atoms with van der Waals surface area (Å²) in [6.07, 6.45) is 7.28. The summed E-state index contributed by atoms with van der Waals surface area (Å²) in [6, 6.07) is 23.5. The SMILES string of the molecule is CCCCCc1ccc(C#Cc2ccc(C#Cc3ccc(CCC)cc3)cc2C)cc1. The van der Waals surface area contributed by atoms with Crippen molar-refractivity contribution in [3.8, 4) is 23.7 Å². The van der Waals surface area contributed by atoms with E-state index in [2.05, 4.69) is 111 Å². The van der Waals surface area contributed by atoms with Crippen LogP contribution in [0.1, 0.15) is 78.5 Å². The lowest BCUT2D eigenvalue weighted by molar-refractivity contribution is 0.717. The highest BCUT2D eigenvalue weighted by atomic mass is 14.0. The minimum absolute atomic E-state index is 1.03. The molecule has 0 amide bonds. The molecule has 0 heterocycles. The summed E-state index contributed by atoms with van der Waals surface area (Å²) in [6.45, 7) is 6.55. The number of hydrogen-bond acceptors (Lipinski definition) is 0. The summed E-state index contributed by atoms with van der Waals surface area (Å²) in [5.74, 6) is 13.2. The van der Waals surface area contributed by atoms with E-state index in [1.54, 1.807) is 0 Å². The van der Waals surface area contributed by atoms with Gasteiger partial charge in [-0.2, -0.15) is 0 Å². The van der Waals surface area contributed by atoms with Crippen molar-refractivity contribution >= 4 is 0 Å². The van der Waals surface area contributed by atoms with Crippen molar-refractivity contribution in [2.45, 2.75) is 59.3 Å². The highest BCUT2D eigenvalue weighted by molar-refractivity contribution is 5.51.